The molecule has 0 aliphatic carbocycles. The average Bonchev–Trinajstić information content (AvgIpc) is 2.95. The molecule has 20 heavy (non-hydrogen) atoms. The van der Waals surface area contributed by atoms with Crippen LogP contribution < -0.4 is 4.74 Å². The van der Waals surface area contributed by atoms with Crippen molar-refractivity contribution in [1.29, 1.82) is 0 Å². The predicted molar refractivity (Wildman–Crippen MR) is 80.2 cm³/mol. The quantitative estimate of drug-likeness (QED) is 0.706. The van der Waals surface area contributed by atoms with Crippen LogP contribution in [0.5, 0.6) is 5.75 Å². The third-order valence-electron chi connectivity index (χ3n) is 3.39. The first kappa shape index (κ1) is 12.7. The second kappa shape index (κ2) is 5.78. The van der Waals surface area contributed by atoms with E-state index >= 15 is 0 Å². The standard InChI is InChI=1S/C17H18N2O/c1-2-20-15-6-3-5-14(13-15)8-9-16-17-7-4-11-19(17)12-10-18-16/h3-7,10-13H,2,8-9H2,1H3. The van der Waals surface area contributed by atoms with Gasteiger partial charge in [0.25, 0.3) is 0 Å². The van der Waals surface area contributed by atoms with Crippen LogP contribution in [0.3, 0.4) is 0 Å². The molecular formula is C17H18N2O. The Bertz CT molecular complexity index is 703. The molecule has 3 nitrogen and oxygen atoms in total. The zero-order chi connectivity index (χ0) is 13.8. The van der Waals surface area contributed by atoms with Gasteiger partial charge in [0, 0.05) is 18.6 Å². The predicted octanol–water partition coefficient (Wildman–Crippen LogP) is 3.52. The molecule has 0 N–H and O–H groups in total. The van der Waals surface area contributed by atoms with E-state index in [2.05, 4.69) is 39.8 Å². The lowest BCUT2D eigenvalue weighted by atomic mass is 10.1. The van der Waals surface area contributed by atoms with E-state index in [9.17, 15) is 0 Å². The van der Waals surface area contributed by atoms with Gasteiger partial charge in [-0.25, -0.2) is 0 Å². The second-order valence-electron chi connectivity index (χ2n) is 4.76. The van der Waals surface area contributed by atoms with Crippen molar-refractivity contribution in [3.05, 3.63) is 66.2 Å². The second-order valence-corrected chi connectivity index (χ2v) is 4.76. The third kappa shape index (κ3) is 2.67. The molecule has 0 spiro atoms. The summed E-state index contributed by atoms with van der Waals surface area (Å²) in [5, 5.41) is 0. The minimum absolute atomic E-state index is 0.703. The number of ether oxygens (including phenoxy) is 1. The lowest BCUT2D eigenvalue weighted by molar-refractivity contribution is 0.340. The molecule has 0 bridgehead atoms. The molecule has 0 amide bonds. The number of nitrogens with zero attached hydrogens (tertiary/aromatic N) is 2. The van der Waals surface area contributed by atoms with E-state index in [0.29, 0.717) is 6.61 Å². The Morgan fingerprint density at radius 3 is 2.95 bits per heavy atom. The molecule has 2 aromatic heterocycles. The van der Waals surface area contributed by atoms with Gasteiger partial charge in [-0.2, -0.15) is 0 Å². The van der Waals surface area contributed by atoms with Crippen LogP contribution in [0, 0.1) is 0 Å². The highest BCUT2D eigenvalue weighted by Gasteiger charge is 2.03. The van der Waals surface area contributed by atoms with Crippen LogP contribution in [0.1, 0.15) is 18.2 Å². The Balaban J connectivity index is 1.76. The summed E-state index contributed by atoms with van der Waals surface area (Å²) < 4.78 is 7.65. The Hall–Kier alpha value is -2.29. The summed E-state index contributed by atoms with van der Waals surface area (Å²) >= 11 is 0. The Labute approximate surface area is 118 Å². The molecule has 3 rings (SSSR count). The van der Waals surface area contributed by atoms with Crippen molar-refractivity contribution >= 4 is 5.52 Å². The van der Waals surface area contributed by atoms with Crippen LogP contribution in [0.4, 0.5) is 0 Å². The lowest BCUT2D eigenvalue weighted by Crippen LogP contribution is -1.98. The van der Waals surface area contributed by atoms with Gasteiger partial charge in [-0.1, -0.05) is 12.1 Å². The minimum Gasteiger partial charge on any atom is -0.494 e. The van der Waals surface area contributed by atoms with Gasteiger partial charge in [0.1, 0.15) is 5.75 Å². The zero-order valence-corrected chi connectivity index (χ0v) is 11.6. The fraction of sp³-hybridized carbons (Fsp3) is 0.235. The molecule has 0 aliphatic heterocycles. The number of rotatable bonds is 5. The Kier molecular flexibility index (Phi) is 3.68. The zero-order valence-electron chi connectivity index (χ0n) is 11.6. The van der Waals surface area contributed by atoms with Crippen molar-refractivity contribution < 1.29 is 4.74 Å². The van der Waals surface area contributed by atoms with Gasteiger partial charge in [0.15, 0.2) is 0 Å². The van der Waals surface area contributed by atoms with Crippen LogP contribution in [-0.2, 0) is 12.8 Å². The van der Waals surface area contributed by atoms with Crippen LogP contribution in [0.2, 0.25) is 0 Å². The topological polar surface area (TPSA) is 26.5 Å². The average molecular weight is 266 g/mol. The highest BCUT2D eigenvalue weighted by atomic mass is 16.5. The summed E-state index contributed by atoms with van der Waals surface area (Å²) in [4.78, 5) is 4.50. The highest BCUT2D eigenvalue weighted by molar-refractivity contribution is 5.52. The molecule has 0 fully saturated rings. The highest BCUT2D eigenvalue weighted by Crippen LogP contribution is 2.16. The van der Waals surface area contributed by atoms with Crippen molar-refractivity contribution in [1.82, 2.24) is 9.38 Å². The first-order valence-corrected chi connectivity index (χ1v) is 6.99. The van der Waals surface area contributed by atoms with Gasteiger partial charge in [0.2, 0.25) is 0 Å². The maximum atomic E-state index is 5.54. The first-order chi connectivity index (χ1) is 9.86. The van der Waals surface area contributed by atoms with Gasteiger partial charge in [-0.05, 0) is 49.6 Å². The lowest BCUT2D eigenvalue weighted by Gasteiger charge is -2.07. The summed E-state index contributed by atoms with van der Waals surface area (Å²) in [6.45, 7) is 2.71. The van der Waals surface area contributed by atoms with Crippen molar-refractivity contribution in [2.45, 2.75) is 19.8 Å². The van der Waals surface area contributed by atoms with E-state index in [1.165, 1.54) is 11.1 Å². The van der Waals surface area contributed by atoms with Crippen LogP contribution >= 0.6 is 0 Å². The molecular weight excluding hydrogens is 248 g/mol. The molecule has 0 atom stereocenters. The fourth-order valence-corrected chi connectivity index (χ4v) is 2.44. The molecule has 2 heterocycles. The van der Waals surface area contributed by atoms with E-state index in [0.717, 1.165) is 24.3 Å². The minimum atomic E-state index is 0.703. The Morgan fingerprint density at radius 1 is 1.10 bits per heavy atom. The summed E-state index contributed by atoms with van der Waals surface area (Å²) in [5.41, 5.74) is 3.61. The van der Waals surface area contributed by atoms with E-state index in [1.807, 2.05) is 31.5 Å². The van der Waals surface area contributed by atoms with Crippen LogP contribution in [0.15, 0.2) is 55.0 Å². The van der Waals surface area contributed by atoms with E-state index < -0.39 is 0 Å². The number of benzene rings is 1. The van der Waals surface area contributed by atoms with Crippen LogP contribution in [-0.4, -0.2) is 16.0 Å². The number of hydrogen-bond donors (Lipinski definition) is 0. The molecule has 0 unspecified atom stereocenters. The largest absolute Gasteiger partial charge is 0.494 e. The molecule has 3 aromatic rings. The SMILES string of the molecule is CCOc1cccc(CCc2nccn3cccc23)c1. The van der Waals surface area contributed by atoms with Gasteiger partial charge < -0.3 is 9.14 Å². The third-order valence-corrected chi connectivity index (χ3v) is 3.39. The molecule has 102 valence electrons. The Morgan fingerprint density at radius 2 is 2.05 bits per heavy atom. The molecule has 0 radical (unpaired) electrons. The van der Waals surface area contributed by atoms with E-state index in [4.69, 9.17) is 4.74 Å². The van der Waals surface area contributed by atoms with E-state index in [-0.39, 0.29) is 0 Å². The van der Waals surface area contributed by atoms with Crippen molar-refractivity contribution in [2.75, 3.05) is 6.61 Å². The fourth-order valence-electron chi connectivity index (χ4n) is 2.44. The maximum absolute atomic E-state index is 5.54. The molecule has 0 saturated heterocycles. The molecule has 1 aromatic carbocycles. The van der Waals surface area contributed by atoms with Crippen molar-refractivity contribution in [3.63, 3.8) is 0 Å². The summed E-state index contributed by atoms with van der Waals surface area (Å²) in [7, 11) is 0. The monoisotopic (exact) mass is 266 g/mol. The van der Waals surface area contributed by atoms with Crippen LogP contribution in [0.25, 0.3) is 5.52 Å². The van der Waals surface area contributed by atoms with Crippen molar-refractivity contribution in [3.8, 4) is 5.75 Å². The number of aryl methyl sites for hydroxylation is 2. The summed E-state index contributed by atoms with van der Waals surface area (Å²) in [5.74, 6) is 0.943. The smallest absolute Gasteiger partial charge is 0.119 e. The maximum Gasteiger partial charge on any atom is 0.119 e. The van der Waals surface area contributed by atoms with E-state index in [1.54, 1.807) is 0 Å². The van der Waals surface area contributed by atoms with Gasteiger partial charge in [-0.15, -0.1) is 0 Å². The van der Waals surface area contributed by atoms with Gasteiger partial charge in [0.05, 0.1) is 17.8 Å². The summed E-state index contributed by atoms with van der Waals surface area (Å²) in [6, 6.07) is 12.5. The van der Waals surface area contributed by atoms with Gasteiger partial charge >= 0.3 is 0 Å². The summed E-state index contributed by atoms with van der Waals surface area (Å²) in [6.07, 6.45) is 7.80. The van der Waals surface area contributed by atoms with Gasteiger partial charge in [-0.3, -0.25) is 4.98 Å². The normalized spacial score (nSPS) is 10.8. The number of aromatic nitrogens is 2. The molecule has 0 saturated carbocycles. The number of fused-ring (bicyclic) bond motifs is 1. The number of hydrogen-bond acceptors (Lipinski definition) is 2. The molecule has 3 heteroatoms. The first-order valence-electron chi connectivity index (χ1n) is 6.99. The molecule has 0 aliphatic rings. The van der Waals surface area contributed by atoms with Crippen molar-refractivity contribution in [2.24, 2.45) is 0 Å².